The van der Waals surface area contributed by atoms with Gasteiger partial charge in [-0.1, -0.05) is 20.8 Å². The summed E-state index contributed by atoms with van der Waals surface area (Å²) in [6.07, 6.45) is 0. The number of halogens is 1. The zero-order valence-corrected chi connectivity index (χ0v) is 8.82. The standard InChI is InChI=1S/C4H11ClS2Si/c1-4(2,3)8(5,6)7/h6-7H,1-3H3. The fourth-order valence-electron chi connectivity index (χ4n) is 0. The summed E-state index contributed by atoms with van der Waals surface area (Å²) in [4.78, 5) is 0. The largest absolute Gasteiger partial charge is 0.273 e. The van der Waals surface area contributed by atoms with Crippen LogP contribution in [0.15, 0.2) is 0 Å². The third kappa shape index (κ3) is 2.67. The summed E-state index contributed by atoms with van der Waals surface area (Å²) in [5.74, 6) is 0. The molecule has 0 aliphatic heterocycles. The molecule has 0 heterocycles. The van der Waals surface area contributed by atoms with E-state index in [9.17, 15) is 0 Å². The lowest BCUT2D eigenvalue weighted by molar-refractivity contribution is 0.756. The number of hydrogen-bond donors (Lipinski definition) is 2. The Balaban J connectivity index is 4.02. The second-order valence-electron chi connectivity index (χ2n) is 2.84. The highest BCUT2D eigenvalue weighted by molar-refractivity contribution is 8.51. The smallest absolute Gasteiger partial charge is 0.175 e. The molecule has 0 aromatic carbocycles. The monoisotopic (exact) mass is 186 g/mol. The Hall–Kier alpha value is 1.21. The van der Waals surface area contributed by atoms with Gasteiger partial charge in [-0.25, -0.2) is 0 Å². The Morgan fingerprint density at radius 3 is 1.38 bits per heavy atom. The van der Waals surface area contributed by atoms with Gasteiger partial charge in [-0.15, -0.1) is 11.1 Å². The maximum absolute atomic E-state index is 5.88. The molecule has 0 N–H and O–H groups in total. The third-order valence-corrected chi connectivity index (χ3v) is 8.59. The average Bonchev–Trinajstić information content (AvgIpc) is 1.25. The zero-order valence-electron chi connectivity index (χ0n) is 5.27. The Morgan fingerprint density at radius 1 is 1.25 bits per heavy atom. The van der Waals surface area contributed by atoms with E-state index in [1.54, 1.807) is 0 Å². The quantitative estimate of drug-likeness (QED) is 0.325. The van der Waals surface area contributed by atoms with Crippen molar-refractivity contribution < 1.29 is 0 Å². The second kappa shape index (κ2) is 2.44. The molecule has 0 bridgehead atoms. The summed E-state index contributed by atoms with van der Waals surface area (Å²) in [6, 6.07) is 0. The maximum atomic E-state index is 5.88. The van der Waals surface area contributed by atoms with Crippen LogP contribution < -0.4 is 0 Å². The molecule has 0 aliphatic carbocycles. The van der Waals surface area contributed by atoms with Crippen LogP contribution in [0.4, 0.5) is 0 Å². The van der Waals surface area contributed by atoms with Gasteiger partial charge in [0.2, 0.25) is 0 Å². The number of thiol groups is 2. The predicted octanol–water partition coefficient (Wildman–Crippen LogP) is 2.82. The molecule has 0 atom stereocenters. The van der Waals surface area contributed by atoms with E-state index in [0.29, 0.717) is 0 Å². The van der Waals surface area contributed by atoms with Gasteiger partial charge in [0.25, 0.3) is 5.68 Å². The lowest BCUT2D eigenvalue weighted by Gasteiger charge is -2.27. The molecule has 0 saturated carbocycles. The molecule has 0 nitrogen and oxygen atoms in total. The first-order chi connectivity index (χ1) is 3.25. The van der Waals surface area contributed by atoms with E-state index in [4.69, 9.17) is 11.1 Å². The van der Waals surface area contributed by atoms with Crippen molar-refractivity contribution in [2.45, 2.75) is 25.8 Å². The zero-order chi connectivity index (χ0) is 7.00. The van der Waals surface area contributed by atoms with Gasteiger partial charge in [0.15, 0.2) is 0 Å². The highest BCUT2D eigenvalue weighted by Crippen LogP contribution is 2.43. The number of hydrogen-bond acceptors (Lipinski definition) is 2. The molecule has 0 saturated heterocycles. The van der Waals surface area contributed by atoms with Gasteiger partial charge < -0.3 is 0 Å². The Bertz CT molecular complexity index is 69.0. The summed E-state index contributed by atoms with van der Waals surface area (Å²) in [5.41, 5.74) is -2.00. The van der Waals surface area contributed by atoms with Gasteiger partial charge in [0.1, 0.15) is 0 Å². The highest BCUT2D eigenvalue weighted by Gasteiger charge is 2.36. The first kappa shape index (κ1) is 9.21. The SMILES string of the molecule is CC(C)(C)[Si](S)(S)Cl. The molecule has 0 unspecified atom stereocenters. The van der Waals surface area contributed by atoms with Crippen LogP contribution in [0.25, 0.3) is 0 Å². The molecule has 0 spiro atoms. The van der Waals surface area contributed by atoms with Crippen molar-refractivity contribution in [3.8, 4) is 0 Å². The summed E-state index contributed by atoms with van der Waals surface area (Å²) < 4.78 is 0. The van der Waals surface area contributed by atoms with Gasteiger partial charge in [-0.05, 0) is 5.04 Å². The van der Waals surface area contributed by atoms with Crippen molar-refractivity contribution in [2.75, 3.05) is 0 Å². The van der Waals surface area contributed by atoms with Crippen molar-refractivity contribution in [1.29, 1.82) is 0 Å². The molecule has 0 aromatic heterocycles. The van der Waals surface area contributed by atoms with Gasteiger partial charge >= 0.3 is 0 Å². The molecule has 4 heteroatoms. The molecule has 0 aliphatic rings. The minimum Gasteiger partial charge on any atom is -0.175 e. The summed E-state index contributed by atoms with van der Waals surface area (Å²) >= 11 is 14.3. The van der Waals surface area contributed by atoms with Crippen LogP contribution in [0, 0.1) is 0 Å². The van der Waals surface area contributed by atoms with Crippen molar-refractivity contribution in [1.82, 2.24) is 0 Å². The van der Waals surface area contributed by atoms with Crippen LogP contribution in [-0.4, -0.2) is 5.68 Å². The first-order valence-corrected chi connectivity index (χ1v) is 7.98. The minimum absolute atomic E-state index is 0.0702. The van der Waals surface area contributed by atoms with E-state index in [0.717, 1.165) is 0 Å². The van der Waals surface area contributed by atoms with Crippen LogP contribution >= 0.6 is 35.2 Å². The molecule has 0 rings (SSSR count). The topological polar surface area (TPSA) is 0 Å². The molecular weight excluding hydrogens is 176 g/mol. The summed E-state index contributed by atoms with van der Waals surface area (Å²) in [7, 11) is 0. The van der Waals surface area contributed by atoms with E-state index in [2.05, 4.69) is 24.2 Å². The minimum atomic E-state index is -2.00. The fourth-order valence-corrected chi connectivity index (χ4v) is 0. The van der Waals surface area contributed by atoms with E-state index < -0.39 is 5.68 Å². The fraction of sp³-hybridized carbons (Fsp3) is 1.00. The van der Waals surface area contributed by atoms with Crippen LogP contribution in [0.5, 0.6) is 0 Å². The van der Waals surface area contributed by atoms with Crippen LogP contribution in [0.1, 0.15) is 20.8 Å². The lowest BCUT2D eigenvalue weighted by atomic mass is 10.3. The van der Waals surface area contributed by atoms with Gasteiger partial charge in [0, 0.05) is 0 Å². The van der Waals surface area contributed by atoms with Crippen molar-refractivity contribution in [3.63, 3.8) is 0 Å². The molecule has 0 radical (unpaired) electrons. The summed E-state index contributed by atoms with van der Waals surface area (Å²) in [6.45, 7) is 6.14. The molecule has 50 valence electrons. The highest BCUT2D eigenvalue weighted by atomic mass is 35.6. The Kier molecular flexibility index (Phi) is 2.81. The third-order valence-electron chi connectivity index (χ3n) is 0.954. The second-order valence-corrected chi connectivity index (χ2v) is 13.9. The first-order valence-electron chi connectivity index (χ1n) is 2.39. The number of rotatable bonds is 0. The van der Waals surface area contributed by atoms with Crippen LogP contribution in [0.2, 0.25) is 5.04 Å². The van der Waals surface area contributed by atoms with E-state index in [-0.39, 0.29) is 5.04 Å². The molecular formula is C4H11ClS2Si. The van der Waals surface area contributed by atoms with E-state index in [1.165, 1.54) is 0 Å². The maximum Gasteiger partial charge on any atom is 0.273 e. The molecule has 0 amide bonds. The van der Waals surface area contributed by atoms with Crippen LogP contribution in [0.3, 0.4) is 0 Å². The van der Waals surface area contributed by atoms with Gasteiger partial charge in [-0.2, -0.15) is 24.2 Å². The van der Waals surface area contributed by atoms with Gasteiger partial charge in [0.05, 0.1) is 0 Å². The van der Waals surface area contributed by atoms with Crippen LogP contribution in [-0.2, 0) is 0 Å². The van der Waals surface area contributed by atoms with Crippen molar-refractivity contribution in [3.05, 3.63) is 0 Å². The molecule has 0 aromatic rings. The lowest BCUT2D eigenvalue weighted by Crippen LogP contribution is -2.24. The summed E-state index contributed by atoms with van der Waals surface area (Å²) in [5, 5.41) is 0.0702. The van der Waals surface area contributed by atoms with Gasteiger partial charge in [-0.3, -0.25) is 0 Å². The van der Waals surface area contributed by atoms with E-state index >= 15 is 0 Å². The predicted molar refractivity (Wildman–Crippen MR) is 49.3 cm³/mol. The normalized spacial score (nSPS) is 14.2. The Labute approximate surface area is 66.8 Å². The molecule has 0 fully saturated rings. The Morgan fingerprint density at radius 2 is 1.38 bits per heavy atom. The van der Waals surface area contributed by atoms with E-state index in [1.807, 2.05) is 20.8 Å². The van der Waals surface area contributed by atoms with Crippen molar-refractivity contribution in [2.24, 2.45) is 0 Å². The molecule has 8 heavy (non-hydrogen) atoms. The van der Waals surface area contributed by atoms with Crippen molar-refractivity contribution >= 4 is 40.9 Å². The average molecular weight is 187 g/mol.